The summed E-state index contributed by atoms with van der Waals surface area (Å²) in [6, 6.07) is 19.2. The van der Waals surface area contributed by atoms with E-state index < -0.39 is 9.84 Å². The van der Waals surface area contributed by atoms with Crippen LogP contribution in [0.2, 0.25) is 0 Å². The smallest absolute Gasteiger partial charge is 0.216 e. The SMILES string of the molecule is CCOc1cc(C=C(C#N)S(=O)(=O)c2ccc(C)cc2)ccc1OCc1ccccc1F. The number of benzene rings is 3. The molecule has 164 valence electrons. The Kier molecular flexibility index (Phi) is 7.29. The number of sulfone groups is 1. The second-order valence-electron chi connectivity index (χ2n) is 6.96. The van der Waals surface area contributed by atoms with E-state index in [1.54, 1.807) is 61.5 Å². The van der Waals surface area contributed by atoms with Crippen molar-refractivity contribution in [2.45, 2.75) is 25.3 Å². The minimum Gasteiger partial charge on any atom is -0.490 e. The predicted molar refractivity (Wildman–Crippen MR) is 120 cm³/mol. The number of hydrogen-bond acceptors (Lipinski definition) is 5. The van der Waals surface area contributed by atoms with E-state index in [2.05, 4.69) is 0 Å². The van der Waals surface area contributed by atoms with Crippen LogP contribution in [0.15, 0.2) is 76.5 Å². The second kappa shape index (κ2) is 10.1. The van der Waals surface area contributed by atoms with Crippen LogP contribution in [0.5, 0.6) is 11.5 Å². The second-order valence-corrected chi connectivity index (χ2v) is 8.87. The summed E-state index contributed by atoms with van der Waals surface area (Å²) in [5, 5.41) is 9.51. The van der Waals surface area contributed by atoms with Crippen molar-refractivity contribution in [1.29, 1.82) is 5.26 Å². The first-order valence-electron chi connectivity index (χ1n) is 9.91. The van der Waals surface area contributed by atoms with Crippen LogP contribution >= 0.6 is 0 Å². The van der Waals surface area contributed by atoms with Crippen LogP contribution in [0.1, 0.15) is 23.6 Å². The van der Waals surface area contributed by atoms with Crippen LogP contribution in [0.3, 0.4) is 0 Å². The Morgan fingerprint density at radius 1 is 1.03 bits per heavy atom. The number of halogens is 1. The van der Waals surface area contributed by atoms with Gasteiger partial charge in [0.25, 0.3) is 0 Å². The summed E-state index contributed by atoms with van der Waals surface area (Å²) in [4.78, 5) is -0.338. The summed E-state index contributed by atoms with van der Waals surface area (Å²) < 4.78 is 50.9. The topological polar surface area (TPSA) is 76.4 Å². The van der Waals surface area contributed by atoms with Gasteiger partial charge in [-0.15, -0.1) is 0 Å². The van der Waals surface area contributed by atoms with Crippen LogP contribution in [-0.2, 0) is 16.4 Å². The summed E-state index contributed by atoms with van der Waals surface area (Å²) in [7, 11) is -3.97. The molecular weight excluding hydrogens is 429 g/mol. The first kappa shape index (κ1) is 23.0. The zero-order valence-corrected chi connectivity index (χ0v) is 18.5. The molecule has 0 unspecified atom stereocenters. The van der Waals surface area contributed by atoms with E-state index in [0.29, 0.717) is 29.2 Å². The number of rotatable bonds is 8. The molecule has 0 bridgehead atoms. The van der Waals surface area contributed by atoms with Gasteiger partial charge in [-0.05, 0) is 55.8 Å². The van der Waals surface area contributed by atoms with E-state index in [0.717, 1.165) is 5.56 Å². The van der Waals surface area contributed by atoms with Crippen LogP contribution in [0.25, 0.3) is 6.08 Å². The van der Waals surface area contributed by atoms with Gasteiger partial charge in [-0.2, -0.15) is 5.26 Å². The maximum atomic E-state index is 13.9. The first-order valence-corrected chi connectivity index (χ1v) is 11.4. The number of hydrogen-bond donors (Lipinski definition) is 0. The van der Waals surface area contributed by atoms with Gasteiger partial charge in [-0.1, -0.05) is 42.0 Å². The van der Waals surface area contributed by atoms with E-state index in [9.17, 15) is 18.1 Å². The van der Waals surface area contributed by atoms with E-state index in [4.69, 9.17) is 9.47 Å². The van der Waals surface area contributed by atoms with Crippen molar-refractivity contribution in [3.8, 4) is 17.6 Å². The van der Waals surface area contributed by atoms with Crippen molar-refractivity contribution in [3.63, 3.8) is 0 Å². The molecule has 7 heteroatoms. The Bertz CT molecular complexity index is 1280. The fraction of sp³-hybridized carbons (Fsp3) is 0.160. The highest BCUT2D eigenvalue weighted by molar-refractivity contribution is 7.95. The summed E-state index contributed by atoms with van der Waals surface area (Å²) in [6.45, 7) is 4.00. The average Bonchev–Trinajstić information content (AvgIpc) is 2.78. The molecule has 0 aliphatic rings. The Morgan fingerprint density at radius 3 is 2.41 bits per heavy atom. The summed E-state index contributed by atoms with van der Waals surface area (Å²) in [6.07, 6.45) is 1.29. The molecule has 0 N–H and O–H groups in total. The third-order valence-electron chi connectivity index (χ3n) is 4.64. The third kappa shape index (κ3) is 5.34. The molecule has 0 saturated carbocycles. The summed E-state index contributed by atoms with van der Waals surface area (Å²) in [5.74, 6) is 0.375. The molecule has 3 rings (SSSR count). The zero-order chi connectivity index (χ0) is 23.1. The van der Waals surface area contributed by atoms with Gasteiger partial charge in [0.1, 0.15) is 23.4 Å². The normalized spacial score (nSPS) is 11.6. The number of aryl methyl sites for hydroxylation is 1. The van der Waals surface area contributed by atoms with Crippen molar-refractivity contribution in [2.75, 3.05) is 6.61 Å². The number of nitriles is 1. The van der Waals surface area contributed by atoms with E-state index in [-0.39, 0.29) is 22.2 Å². The molecule has 32 heavy (non-hydrogen) atoms. The van der Waals surface area contributed by atoms with Crippen LogP contribution in [0, 0.1) is 24.1 Å². The molecule has 0 aliphatic heterocycles. The molecule has 0 heterocycles. The van der Waals surface area contributed by atoms with E-state index in [1.165, 1.54) is 24.3 Å². The van der Waals surface area contributed by atoms with Crippen molar-refractivity contribution in [2.24, 2.45) is 0 Å². The van der Waals surface area contributed by atoms with Gasteiger partial charge in [-0.25, -0.2) is 12.8 Å². The van der Waals surface area contributed by atoms with Gasteiger partial charge in [0.15, 0.2) is 11.5 Å². The van der Waals surface area contributed by atoms with Crippen molar-refractivity contribution in [1.82, 2.24) is 0 Å². The molecule has 0 saturated heterocycles. The van der Waals surface area contributed by atoms with E-state index >= 15 is 0 Å². The molecule has 0 fully saturated rings. The fourth-order valence-corrected chi connectivity index (χ4v) is 4.10. The monoisotopic (exact) mass is 451 g/mol. The molecule has 0 atom stereocenters. The van der Waals surface area contributed by atoms with E-state index in [1.807, 2.05) is 6.92 Å². The highest BCUT2D eigenvalue weighted by atomic mass is 32.2. The lowest BCUT2D eigenvalue weighted by Gasteiger charge is -2.13. The van der Waals surface area contributed by atoms with Gasteiger partial charge < -0.3 is 9.47 Å². The van der Waals surface area contributed by atoms with Crippen molar-refractivity contribution < 1.29 is 22.3 Å². The molecule has 0 aliphatic carbocycles. The summed E-state index contributed by atoms with van der Waals surface area (Å²) in [5.41, 5.74) is 1.77. The summed E-state index contributed by atoms with van der Waals surface area (Å²) >= 11 is 0. The highest BCUT2D eigenvalue weighted by Gasteiger charge is 2.21. The third-order valence-corrected chi connectivity index (χ3v) is 6.32. The van der Waals surface area contributed by atoms with Gasteiger partial charge in [0.05, 0.1) is 11.5 Å². The molecular formula is C25H22FNO4S. The molecule has 0 aromatic heterocycles. The molecule has 0 spiro atoms. The lowest BCUT2D eigenvalue weighted by Crippen LogP contribution is -2.04. The Morgan fingerprint density at radius 2 is 1.75 bits per heavy atom. The number of nitrogens with zero attached hydrogens (tertiary/aromatic N) is 1. The first-order chi connectivity index (χ1) is 15.3. The van der Waals surface area contributed by atoms with Gasteiger partial charge >= 0.3 is 0 Å². The predicted octanol–water partition coefficient (Wildman–Crippen LogP) is 5.45. The van der Waals surface area contributed by atoms with Crippen LogP contribution < -0.4 is 9.47 Å². The van der Waals surface area contributed by atoms with Crippen molar-refractivity contribution >= 4 is 15.9 Å². The Labute approximate surface area is 187 Å². The van der Waals surface area contributed by atoms with Crippen LogP contribution in [0.4, 0.5) is 4.39 Å². The Hall–Kier alpha value is -3.63. The highest BCUT2D eigenvalue weighted by Crippen LogP contribution is 2.31. The minimum absolute atomic E-state index is 0.00713. The zero-order valence-electron chi connectivity index (χ0n) is 17.7. The maximum absolute atomic E-state index is 13.9. The van der Waals surface area contributed by atoms with Gasteiger partial charge in [0.2, 0.25) is 9.84 Å². The molecule has 3 aromatic rings. The molecule has 0 radical (unpaired) electrons. The van der Waals surface area contributed by atoms with Gasteiger partial charge in [-0.3, -0.25) is 0 Å². The average molecular weight is 452 g/mol. The molecule has 0 amide bonds. The molecule has 3 aromatic carbocycles. The number of ether oxygens (including phenoxy) is 2. The van der Waals surface area contributed by atoms with Gasteiger partial charge in [0, 0.05) is 5.56 Å². The number of allylic oxidation sites excluding steroid dienone is 1. The van der Waals surface area contributed by atoms with Crippen LogP contribution in [-0.4, -0.2) is 15.0 Å². The largest absolute Gasteiger partial charge is 0.490 e. The lowest BCUT2D eigenvalue weighted by atomic mass is 10.2. The Balaban J connectivity index is 1.91. The molecule has 5 nitrogen and oxygen atoms in total. The van der Waals surface area contributed by atoms with Crippen molar-refractivity contribution in [3.05, 3.63) is 94.1 Å². The minimum atomic E-state index is -3.97. The standard InChI is InChI=1S/C25H22FNO4S/c1-3-30-25-15-19(10-13-24(25)31-17-20-6-4-5-7-23(20)26)14-22(16-27)32(28,29)21-11-8-18(2)9-12-21/h4-15H,3,17H2,1-2H3. The lowest BCUT2D eigenvalue weighted by molar-refractivity contribution is 0.266. The maximum Gasteiger partial charge on any atom is 0.216 e. The fourth-order valence-electron chi connectivity index (χ4n) is 2.94. The quantitative estimate of drug-likeness (QED) is 0.426.